The second kappa shape index (κ2) is 7.34. The van der Waals surface area contributed by atoms with E-state index in [1.165, 1.54) is 16.8 Å². The minimum absolute atomic E-state index is 0.00891. The van der Waals surface area contributed by atoms with E-state index in [2.05, 4.69) is 9.82 Å². The Bertz CT molecular complexity index is 983. The Morgan fingerprint density at radius 1 is 1.19 bits per heavy atom. The molecule has 0 amide bonds. The van der Waals surface area contributed by atoms with Gasteiger partial charge in [-0.1, -0.05) is 0 Å². The summed E-state index contributed by atoms with van der Waals surface area (Å²) >= 11 is 0. The van der Waals surface area contributed by atoms with Gasteiger partial charge in [-0.2, -0.15) is 5.10 Å². The number of rotatable bonds is 6. The van der Waals surface area contributed by atoms with Gasteiger partial charge in [0.2, 0.25) is 10.0 Å². The Morgan fingerprint density at radius 2 is 1.88 bits per heavy atom. The number of fused-ring (bicyclic) bond motifs is 1. The minimum Gasteiger partial charge on any atom is -0.268 e. The van der Waals surface area contributed by atoms with Gasteiger partial charge in [-0.25, -0.2) is 17.8 Å². The fraction of sp³-hybridized carbons (Fsp3) is 0.375. The summed E-state index contributed by atoms with van der Waals surface area (Å²) in [6.45, 7) is 0.101. The molecule has 26 heavy (non-hydrogen) atoms. The lowest BCUT2D eigenvalue weighted by atomic mass is 9.97. The zero-order chi connectivity index (χ0) is 18.7. The molecule has 1 aliphatic rings. The highest BCUT2D eigenvalue weighted by atomic mass is 32.2. The molecule has 1 N–H and O–H groups in total. The monoisotopic (exact) mass is 378 g/mol. The molecular weight excluding hydrogens is 360 g/mol. The van der Waals surface area contributed by atoms with Gasteiger partial charge in [0, 0.05) is 24.7 Å². The summed E-state index contributed by atoms with van der Waals surface area (Å²) in [5.74, 6) is 0. The molecule has 1 aromatic heterocycles. The molecule has 0 bridgehead atoms. The average molecular weight is 378 g/mol. The number of sulfonamides is 1. The molecule has 0 saturated heterocycles. The third-order valence-electron chi connectivity index (χ3n) is 4.25. The van der Waals surface area contributed by atoms with Crippen molar-refractivity contribution in [3.63, 3.8) is 0 Å². The van der Waals surface area contributed by atoms with Gasteiger partial charge in [0.25, 0.3) is 11.2 Å². The quantitative estimate of drug-likeness (QED) is 0.591. The fourth-order valence-electron chi connectivity index (χ4n) is 2.88. The van der Waals surface area contributed by atoms with Crippen LogP contribution in [0.15, 0.2) is 40.0 Å². The van der Waals surface area contributed by atoms with Crippen LogP contribution in [0.25, 0.3) is 0 Å². The maximum atomic E-state index is 12.2. The van der Waals surface area contributed by atoms with Crippen LogP contribution < -0.4 is 10.3 Å². The van der Waals surface area contributed by atoms with Gasteiger partial charge in [-0.15, -0.1) is 0 Å². The zero-order valence-electron chi connectivity index (χ0n) is 13.9. The number of nitro groups is 1. The Balaban J connectivity index is 1.67. The smallest absolute Gasteiger partial charge is 0.268 e. The minimum atomic E-state index is -3.82. The predicted octanol–water partition coefficient (Wildman–Crippen LogP) is 1.01. The first kappa shape index (κ1) is 18.2. The number of non-ortho nitro benzene ring substituents is 1. The summed E-state index contributed by atoms with van der Waals surface area (Å²) in [6.07, 6.45) is 3.76. The molecule has 138 valence electrons. The highest BCUT2D eigenvalue weighted by Gasteiger charge is 2.16. The van der Waals surface area contributed by atoms with Crippen LogP contribution in [0.5, 0.6) is 0 Å². The number of aryl methyl sites for hydroxylation is 2. The summed E-state index contributed by atoms with van der Waals surface area (Å²) in [5.41, 5.74) is 1.44. The van der Waals surface area contributed by atoms with Crippen LogP contribution in [0.1, 0.15) is 24.1 Å². The Labute approximate surface area is 149 Å². The first-order valence-electron chi connectivity index (χ1n) is 8.21. The second-order valence-electron chi connectivity index (χ2n) is 6.03. The third-order valence-corrected chi connectivity index (χ3v) is 5.72. The topological polar surface area (TPSA) is 124 Å². The van der Waals surface area contributed by atoms with Gasteiger partial charge in [-0.05, 0) is 43.4 Å². The molecule has 3 rings (SSSR count). The lowest BCUT2D eigenvalue weighted by Gasteiger charge is -2.16. The Morgan fingerprint density at radius 3 is 2.58 bits per heavy atom. The number of nitro benzene ring substituents is 1. The van der Waals surface area contributed by atoms with Crippen LogP contribution in [0, 0.1) is 10.1 Å². The molecule has 0 atom stereocenters. The largest absolute Gasteiger partial charge is 0.269 e. The lowest BCUT2D eigenvalue weighted by molar-refractivity contribution is -0.384. The molecular formula is C16H18N4O5S. The number of nitrogens with zero attached hydrogens (tertiary/aromatic N) is 3. The first-order valence-corrected chi connectivity index (χ1v) is 9.69. The number of aromatic nitrogens is 2. The predicted molar refractivity (Wildman–Crippen MR) is 93.4 cm³/mol. The highest BCUT2D eigenvalue weighted by Crippen LogP contribution is 2.17. The van der Waals surface area contributed by atoms with Crippen molar-refractivity contribution in [2.75, 3.05) is 6.54 Å². The van der Waals surface area contributed by atoms with E-state index >= 15 is 0 Å². The number of hydrogen-bond acceptors (Lipinski definition) is 6. The summed E-state index contributed by atoms with van der Waals surface area (Å²) in [5, 5.41) is 15.0. The van der Waals surface area contributed by atoms with Gasteiger partial charge in [0.15, 0.2) is 0 Å². The summed E-state index contributed by atoms with van der Waals surface area (Å²) in [4.78, 5) is 22.0. The van der Waals surface area contributed by atoms with E-state index in [1.807, 2.05) is 0 Å². The SMILES string of the molecule is O=c1cc2c(nn1CCNS(=O)(=O)c1ccc([N+](=O)[O-])cc1)CCCC2. The Kier molecular flexibility index (Phi) is 5.14. The highest BCUT2D eigenvalue weighted by molar-refractivity contribution is 7.89. The van der Waals surface area contributed by atoms with E-state index < -0.39 is 14.9 Å². The van der Waals surface area contributed by atoms with E-state index in [4.69, 9.17) is 0 Å². The maximum absolute atomic E-state index is 12.2. The van der Waals surface area contributed by atoms with E-state index in [9.17, 15) is 23.3 Å². The van der Waals surface area contributed by atoms with Crippen LogP contribution in [0.3, 0.4) is 0 Å². The van der Waals surface area contributed by atoms with Crippen molar-refractivity contribution in [3.8, 4) is 0 Å². The molecule has 0 unspecified atom stereocenters. The van der Waals surface area contributed by atoms with Crippen molar-refractivity contribution >= 4 is 15.7 Å². The van der Waals surface area contributed by atoms with Crippen molar-refractivity contribution in [3.05, 3.63) is 62.1 Å². The molecule has 0 radical (unpaired) electrons. The molecule has 2 aromatic rings. The Hall–Kier alpha value is -2.59. The van der Waals surface area contributed by atoms with Crippen LogP contribution >= 0.6 is 0 Å². The van der Waals surface area contributed by atoms with Crippen molar-refractivity contribution in [2.24, 2.45) is 0 Å². The van der Waals surface area contributed by atoms with Gasteiger partial charge in [0.1, 0.15) is 0 Å². The van der Waals surface area contributed by atoms with Crippen LogP contribution in [-0.4, -0.2) is 29.7 Å². The van der Waals surface area contributed by atoms with Crippen molar-refractivity contribution in [2.45, 2.75) is 37.1 Å². The molecule has 0 saturated carbocycles. The zero-order valence-corrected chi connectivity index (χ0v) is 14.7. The van der Waals surface area contributed by atoms with Crippen molar-refractivity contribution in [1.82, 2.24) is 14.5 Å². The lowest BCUT2D eigenvalue weighted by Crippen LogP contribution is -2.33. The molecule has 9 nitrogen and oxygen atoms in total. The maximum Gasteiger partial charge on any atom is 0.269 e. The summed E-state index contributed by atoms with van der Waals surface area (Å²) < 4.78 is 28.1. The normalized spacial score (nSPS) is 14.0. The van der Waals surface area contributed by atoms with E-state index in [1.54, 1.807) is 6.07 Å². The molecule has 0 aliphatic heterocycles. The van der Waals surface area contributed by atoms with Crippen molar-refractivity contribution in [1.29, 1.82) is 0 Å². The fourth-order valence-corrected chi connectivity index (χ4v) is 3.90. The van der Waals surface area contributed by atoms with Crippen LogP contribution in [0.4, 0.5) is 5.69 Å². The van der Waals surface area contributed by atoms with Gasteiger partial charge < -0.3 is 0 Å². The molecule has 1 aromatic carbocycles. The number of hydrogen-bond donors (Lipinski definition) is 1. The third kappa shape index (κ3) is 3.97. The van der Waals surface area contributed by atoms with Crippen LogP contribution in [0.2, 0.25) is 0 Å². The molecule has 0 spiro atoms. The van der Waals surface area contributed by atoms with E-state index in [0.717, 1.165) is 49.1 Å². The van der Waals surface area contributed by atoms with Crippen molar-refractivity contribution < 1.29 is 13.3 Å². The van der Waals surface area contributed by atoms with Gasteiger partial charge in [-0.3, -0.25) is 14.9 Å². The number of benzene rings is 1. The van der Waals surface area contributed by atoms with E-state index in [-0.39, 0.29) is 29.2 Å². The van der Waals surface area contributed by atoms with Crippen LogP contribution in [-0.2, 0) is 29.4 Å². The second-order valence-corrected chi connectivity index (χ2v) is 7.80. The molecule has 0 fully saturated rings. The molecule has 1 heterocycles. The standard InChI is InChI=1S/C16H18N4O5S/c21-16-11-12-3-1-2-4-15(12)18-19(16)10-9-17-26(24,25)14-7-5-13(6-8-14)20(22)23/h5-8,11,17H,1-4,9-10H2. The molecule has 10 heteroatoms. The summed E-state index contributed by atoms with van der Waals surface area (Å²) in [6, 6.07) is 6.17. The van der Waals surface area contributed by atoms with Gasteiger partial charge >= 0.3 is 0 Å². The van der Waals surface area contributed by atoms with E-state index in [0.29, 0.717) is 0 Å². The van der Waals surface area contributed by atoms with Gasteiger partial charge in [0.05, 0.1) is 22.1 Å². The first-order chi connectivity index (χ1) is 12.4. The average Bonchev–Trinajstić information content (AvgIpc) is 2.62. The summed E-state index contributed by atoms with van der Waals surface area (Å²) in [7, 11) is -3.82. The molecule has 1 aliphatic carbocycles. The number of nitrogens with one attached hydrogen (secondary N) is 1.